The Morgan fingerprint density at radius 3 is 2.69 bits per heavy atom. The lowest BCUT2D eigenvalue weighted by Gasteiger charge is -2.10. The molecule has 0 bridgehead atoms. The minimum Gasteiger partial charge on any atom is -0.494 e. The molecule has 0 aliphatic heterocycles. The predicted octanol–water partition coefficient (Wildman–Crippen LogP) is 2.94. The quantitative estimate of drug-likeness (QED) is 0.722. The van der Waals surface area contributed by atoms with E-state index in [-0.39, 0.29) is 11.4 Å². The van der Waals surface area contributed by atoms with Crippen molar-refractivity contribution in [3.63, 3.8) is 0 Å². The van der Waals surface area contributed by atoms with Crippen LogP contribution in [0.4, 0.5) is 0 Å². The van der Waals surface area contributed by atoms with Gasteiger partial charge in [0.1, 0.15) is 5.75 Å². The highest BCUT2D eigenvalue weighted by atomic mass is 32.2. The van der Waals surface area contributed by atoms with Crippen LogP contribution in [0.5, 0.6) is 5.75 Å². The molecule has 0 aliphatic carbocycles. The number of hydrogen-bond donors (Lipinski definition) is 1. The number of sulfonamides is 1. The summed E-state index contributed by atoms with van der Waals surface area (Å²) in [6, 6.07) is 14.0. The smallest absolute Gasteiger partial charge is 0.240 e. The van der Waals surface area contributed by atoms with Crippen LogP contribution >= 0.6 is 0 Å². The predicted molar refractivity (Wildman–Crippen MR) is 99.2 cm³/mol. The number of pyridine rings is 2. The molecular formula is C19H19N3O3S. The summed E-state index contributed by atoms with van der Waals surface area (Å²) in [6.07, 6.45) is 3.27. The SMILES string of the molecule is COc1cnccc1-c1cccc(CNS(=O)(=O)c2cccc(C)c2)n1. The first-order chi connectivity index (χ1) is 12.5. The summed E-state index contributed by atoms with van der Waals surface area (Å²) >= 11 is 0. The second-order valence-electron chi connectivity index (χ2n) is 5.73. The molecule has 0 saturated carbocycles. The zero-order valence-corrected chi connectivity index (χ0v) is 15.3. The molecular weight excluding hydrogens is 350 g/mol. The number of ether oxygens (including phenoxy) is 1. The zero-order valence-electron chi connectivity index (χ0n) is 14.5. The van der Waals surface area contributed by atoms with Gasteiger partial charge in [-0.25, -0.2) is 13.1 Å². The van der Waals surface area contributed by atoms with Crippen LogP contribution in [0.2, 0.25) is 0 Å². The summed E-state index contributed by atoms with van der Waals surface area (Å²) in [7, 11) is -2.03. The monoisotopic (exact) mass is 369 g/mol. The highest BCUT2D eigenvalue weighted by molar-refractivity contribution is 7.89. The van der Waals surface area contributed by atoms with Crippen molar-refractivity contribution < 1.29 is 13.2 Å². The Morgan fingerprint density at radius 2 is 1.92 bits per heavy atom. The number of nitrogens with one attached hydrogen (secondary N) is 1. The zero-order chi connectivity index (χ0) is 18.6. The van der Waals surface area contributed by atoms with E-state index in [1.54, 1.807) is 43.8 Å². The lowest BCUT2D eigenvalue weighted by Crippen LogP contribution is -2.23. The second-order valence-corrected chi connectivity index (χ2v) is 7.50. The molecule has 1 aromatic carbocycles. The molecule has 1 N–H and O–H groups in total. The lowest BCUT2D eigenvalue weighted by atomic mass is 10.1. The highest BCUT2D eigenvalue weighted by Crippen LogP contribution is 2.27. The van der Waals surface area contributed by atoms with E-state index in [2.05, 4.69) is 14.7 Å². The molecule has 0 spiro atoms. The van der Waals surface area contributed by atoms with Crippen LogP contribution in [-0.2, 0) is 16.6 Å². The van der Waals surface area contributed by atoms with Gasteiger partial charge in [0.15, 0.2) is 0 Å². The van der Waals surface area contributed by atoms with Gasteiger partial charge in [0, 0.05) is 11.8 Å². The van der Waals surface area contributed by atoms with Gasteiger partial charge in [0.2, 0.25) is 10.0 Å². The minimum absolute atomic E-state index is 0.0948. The van der Waals surface area contributed by atoms with Gasteiger partial charge in [0.25, 0.3) is 0 Å². The Labute approximate surface area is 153 Å². The number of benzene rings is 1. The van der Waals surface area contributed by atoms with E-state index in [4.69, 9.17) is 4.74 Å². The van der Waals surface area contributed by atoms with E-state index >= 15 is 0 Å². The molecule has 3 rings (SSSR count). The average Bonchev–Trinajstić information content (AvgIpc) is 2.67. The molecule has 0 atom stereocenters. The third-order valence-electron chi connectivity index (χ3n) is 3.83. The Hall–Kier alpha value is -2.77. The Balaban J connectivity index is 1.81. The first-order valence-electron chi connectivity index (χ1n) is 8.00. The summed E-state index contributed by atoms with van der Waals surface area (Å²) in [5.41, 5.74) is 2.98. The van der Waals surface area contributed by atoms with Gasteiger partial charge in [-0.05, 0) is 42.8 Å². The fourth-order valence-electron chi connectivity index (χ4n) is 2.52. The van der Waals surface area contributed by atoms with Gasteiger partial charge in [-0.15, -0.1) is 0 Å². The minimum atomic E-state index is -3.60. The summed E-state index contributed by atoms with van der Waals surface area (Å²) in [6.45, 7) is 1.95. The van der Waals surface area contributed by atoms with Crippen molar-refractivity contribution in [2.75, 3.05) is 7.11 Å². The molecule has 0 saturated heterocycles. The lowest BCUT2D eigenvalue weighted by molar-refractivity contribution is 0.414. The van der Waals surface area contributed by atoms with Crippen molar-refractivity contribution in [3.05, 3.63) is 72.2 Å². The first kappa shape index (κ1) is 18.0. The average molecular weight is 369 g/mol. The molecule has 2 heterocycles. The van der Waals surface area contributed by atoms with Crippen LogP contribution in [0.15, 0.2) is 65.8 Å². The van der Waals surface area contributed by atoms with Crippen LogP contribution in [-0.4, -0.2) is 25.5 Å². The van der Waals surface area contributed by atoms with Crippen molar-refractivity contribution in [2.45, 2.75) is 18.4 Å². The number of aromatic nitrogens is 2. The second kappa shape index (κ2) is 7.63. The number of methoxy groups -OCH3 is 1. The van der Waals surface area contributed by atoms with Crippen molar-refractivity contribution in [2.24, 2.45) is 0 Å². The van der Waals surface area contributed by atoms with Gasteiger partial charge in [0.05, 0.1) is 36.1 Å². The van der Waals surface area contributed by atoms with Crippen molar-refractivity contribution in [1.82, 2.24) is 14.7 Å². The summed E-state index contributed by atoms with van der Waals surface area (Å²) < 4.78 is 32.8. The van der Waals surface area contributed by atoms with Crippen LogP contribution in [0.25, 0.3) is 11.3 Å². The largest absolute Gasteiger partial charge is 0.494 e. The van der Waals surface area contributed by atoms with Gasteiger partial charge in [-0.3, -0.25) is 9.97 Å². The fraction of sp³-hybridized carbons (Fsp3) is 0.158. The molecule has 3 aromatic rings. The third kappa shape index (κ3) is 4.07. The molecule has 2 aromatic heterocycles. The van der Waals surface area contributed by atoms with E-state index in [9.17, 15) is 8.42 Å². The maximum atomic E-state index is 12.4. The highest BCUT2D eigenvalue weighted by Gasteiger charge is 2.14. The Kier molecular flexibility index (Phi) is 5.29. The van der Waals surface area contributed by atoms with Crippen LogP contribution in [0.1, 0.15) is 11.3 Å². The summed E-state index contributed by atoms with van der Waals surface area (Å²) in [5, 5.41) is 0. The summed E-state index contributed by atoms with van der Waals surface area (Å²) in [4.78, 5) is 8.80. The van der Waals surface area contributed by atoms with Gasteiger partial charge in [-0.1, -0.05) is 18.2 Å². The maximum Gasteiger partial charge on any atom is 0.240 e. The number of aryl methyl sites for hydroxylation is 1. The number of rotatable bonds is 6. The molecule has 0 fully saturated rings. The van der Waals surface area contributed by atoms with E-state index < -0.39 is 10.0 Å². The van der Waals surface area contributed by atoms with Gasteiger partial charge < -0.3 is 4.74 Å². The standard InChI is InChI=1S/C19H19N3O3S/c1-14-5-3-7-16(11-14)26(23,24)21-12-15-6-4-8-18(22-15)17-9-10-20-13-19(17)25-2/h3-11,13,21H,12H2,1-2H3. The Bertz CT molecular complexity index is 1020. The van der Waals surface area contributed by atoms with E-state index in [1.807, 2.05) is 31.2 Å². The Morgan fingerprint density at radius 1 is 1.12 bits per heavy atom. The topological polar surface area (TPSA) is 81.2 Å². The molecule has 26 heavy (non-hydrogen) atoms. The van der Waals surface area contributed by atoms with E-state index in [1.165, 1.54) is 0 Å². The molecule has 7 heteroatoms. The van der Waals surface area contributed by atoms with Crippen molar-refractivity contribution in [1.29, 1.82) is 0 Å². The fourth-order valence-corrected chi connectivity index (χ4v) is 3.62. The van der Waals surface area contributed by atoms with Crippen LogP contribution < -0.4 is 9.46 Å². The van der Waals surface area contributed by atoms with Crippen LogP contribution in [0, 0.1) is 6.92 Å². The van der Waals surface area contributed by atoms with Gasteiger partial charge >= 0.3 is 0 Å². The first-order valence-corrected chi connectivity index (χ1v) is 9.48. The van der Waals surface area contributed by atoms with E-state index in [0.717, 1.165) is 11.1 Å². The molecule has 6 nitrogen and oxygen atoms in total. The molecule has 0 aliphatic rings. The maximum absolute atomic E-state index is 12.4. The molecule has 134 valence electrons. The molecule has 0 amide bonds. The van der Waals surface area contributed by atoms with Crippen molar-refractivity contribution in [3.8, 4) is 17.0 Å². The van der Waals surface area contributed by atoms with Crippen LogP contribution in [0.3, 0.4) is 0 Å². The number of hydrogen-bond acceptors (Lipinski definition) is 5. The summed E-state index contributed by atoms with van der Waals surface area (Å²) in [5.74, 6) is 0.609. The van der Waals surface area contributed by atoms with Crippen molar-refractivity contribution >= 4 is 10.0 Å². The normalized spacial score (nSPS) is 11.3. The molecule has 0 unspecified atom stereocenters. The van der Waals surface area contributed by atoms with E-state index in [0.29, 0.717) is 17.1 Å². The molecule has 0 radical (unpaired) electrons. The number of nitrogens with zero attached hydrogens (tertiary/aromatic N) is 2. The third-order valence-corrected chi connectivity index (χ3v) is 5.23. The van der Waals surface area contributed by atoms with Gasteiger partial charge in [-0.2, -0.15) is 0 Å².